The van der Waals surface area contributed by atoms with E-state index >= 15 is 0 Å². The highest BCUT2D eigenvalue weighted by Crippen LogP contribution is 2.22. The van der Waals surface area contributed by atoms with E-state index < -0.39 is 0 Å². The summed E-state index contributed by atoms with van der Waals surface area (Å²) >= 11 is 1.64. The molecule has 0 aliphatic heterocycles. The fraction of sp³-hybridized carbons (Fsp3) is 0.700. The highest BCUT2D eigenvalue weighted by Gasteiger charge is 2.15. The van der Waals surface area contributed by atoms with E-state index in [1.807, 2.05) is 5.38 Å². The molecule has 0 bridgehead atoms. The topological polar surface area (TPSA) is 51.4 Å². The fourth-order valence-electron chi connectivity index (χ4n) is 1.49. The van der Waals surface area contributed by atoms with Gasteiger partial charge in [-0.2, -0.15) is 0 Å². The van der Waals surface area contributed by atoms with Gasteiger partial charge in [0.2, 0.25) is 0 Å². The molecule has 0 amide bonds. The lowest BCUT2D eigenvalue weighted by Gasteiger charge is -2.26. The maximum atomic E-state index is 5.54. The predicted molar refractivity (Wildman–Crippen MR) is 64.4 cm³/mol. The first-order chi connectivity index (χ1) is 7.22. The lowest BCUT2D eigenvalue weighted by molar-refractivity contribution is 0.182. The van der Waals surface area contributed by atoms with Gasteiger partial charge in [-0.1, -0.05) is 0 Å². The maximum absolute atomic E-state index is 5.54. The van der Waals surface area contributed by atoms with E-state index in [4.69, 9.17) is 10.5 Å². The van der Waals surface area contributed by atoms with Crippen LogP contribution >= 0.6 is 11.3 Å². The zero-order valence-corrected chi connectivity index (χ0v) is 10.4. The van der Waals surface area contributed by atoms with Crippen molar-refractivity contribution in [2.75, 3.05) is 25.2 Å². The van der Waals surface area contributed by atoms with Gasteiger partial charge < -0.3 is 15.4 Å². The highest BCUT2D eigenvalue weighted by molar-refractivity contribution is 7.13. The number of nitrogens with two attached hydrogens (primary N) is 1. The SMILES string of the molecule is CCN(c1nc(CN)cs1)C(C)COC. The lowest BCUT2D eigenvalue weighted by Crippen LogP contribution is -2.36. The van der Waals surface area contributed by atoms with E-state index in [9.17, 15) is 0 Å². The van der Waals surface area contributed by atoms with Gasteiger partial charge in [-0.3, -0.25) is 0 Å². The van der Waals surface area contributed by atoms with Crippen LogP contribution in [0.5, 0.6) is 0 Å². The highest BCUT2D eigenvalue weighted by atomic mass is 32.1. The van der Waals surface area contributed by atoms with Crippen LogP contribution < -0.4 is 10.6 Å². The number of nitrogens with zero attached hydrogens (tertiary/aromatic N) is 2. The summed E-state index contributed by atoms with van der Waals surface area (Å²) in [6.45, 7) is 6.41. The van der Waals surface area contributed by atoms with Gasteiger partial charge in [0.1, 0.15) is 0 Å². The van der Waals surface area contributed by atoms with E-state index in [-0.39, 0.29) is 0 Å². The van der Waals surface area contributed by atoms with Crippen molar-refractivity contribution in [3.05, 3.63) is 11.1 Å². The lowest BCUT2D eigenvalue weighted by atomic mass is 10.3. The zero-order valence-electron chi connectivity index (χ0n) is 9.56. The largest absolute Gasteiger partial charge is 0.383 e. The van der Waals surface area contributed by atoms with E-state index in [0.717, 1.165) is 17.4 Å². The fourth-order valence-corrected chi connectivity index (χ4v) is 2.49. The predicted octanol–water partition coefficient (Wildman–Crippen LogP) is 1.46. The average molecular weight is 229 g/mol. The molecule has 0 radical (unpaired) electrons. The van der Waals surface area contributed by atoms with Crippen LogP contribution in [-0.2, 0) is 11.3 Å². The van der Waals surface area contributed by atoms with Crippen molar-refractivity contribution in [2.45, 2.75) is 26.4 Å². The van der Waals surface area contributed by atoms with Crippen LogP contribution in [0, 0.1) is 0 Å². The van der Waals surface area contributed by atoms with Crippen molar-refractivity contribution in [2.24, 2.45) is 5.73 Å². The van der Waals surface area contributed by atoms with Gasteiger partial charge in [0.15, 0.2) is 5.13 Å². The Morgan fingerprint density at radius 1 is 1.67 bits per heavy atom. The molecule has 0 saturated carbocycles. The number of methoxy groups -OCH3 is 1. The molecule has 1 aromatic heterocycles. The Morgan fingerprint density at radius 2 is 2.40 bits per heavy atom. The second-order valence-corrected chi connectivity index (χ2v) is 4.25. The molecule has 1 rings (SSSR count). The third kappa shape index (κ3) is 3.15. The van der Waals surface area contributed by atoms with Gasteiger partial charge in [0.25, 0.3) is 0 Å². The van der Waals surface area contributed by atoms with Crippen molar-refractivity contribution in [3.63, 3.8) is 0 Å². The van der Waals surface area contributed by atoms with Crippen molar-refractivity contribution in [1.82, 2.24) is 4.98 Å². The monoisotopic (exact) mass is 229 g/mol. The van der Waals surface area contributed by atoms with Crippen LogP contribution in [0.1, 0.15) is 19.5 Å². The number of rotatable bonds is 6. The van der Waals surface area contributed by atoms with Gasteiger partial charge in [-0.15, -0.1) is 11.3 Å². The van der Waals surface area contributed by atoms with Crippen molar-refractivity contribution < 1.29 is 4.74 Å². The smallest absolute Gasteiger partial charge is 0.185 e. The van der Waals surface area contributed by atoms with Gasteiger partial charge in [-0.25, -0.2) is 4.98 Å². The molecule has 1 heterocycles. The van der Waals surface area contributed by atoms with Crippen LogP contribution in [0.3, 0.4) is 0 Å². The first kappa shape index (κ1) is 12.4. The third-order valence-corrected chi connectivity index (χ3v) is 3.20. The summed E-state index contributed by atoms with van der Waals surface area (Å²) in [6.07, 6.45) is 0. The number of likely N-dealkylation sites (N-methyl/N-ethyl adjacent to an activating group) is 1. The molecule has 1 aromatic rings. The summed E-state index contributed by atoms with van der Waals surface area (Å²) in [6, 6.07) is 0.344. The van der Waals surface area contributed by atoms with E-state index in [1.165, 1.54) is 0 Å². The number of thiazole rings is 1. The average Bonchev–Trinajstić information content (AvgIpc) is 2.68. The Kier molecular flexibility index (Phi) is 5.01. The van der Waals surface area contributed by atoms with Crippen LogP contribution in [0.4, 0.5) is 5.13 Å². The van der Waals surface area contributed by atoms with Crippen LogP contribution in [0.2, 0.25) is 0 Å². The first-order valence-corrected chi connectivity index (χ1v) is 6.00. The molecule has 2 N–H and O–H groups in total. The van der Waals surface area contributed by atoms with Crippen LogP contribution in [-0.4, -0.2) is 31.3 Å². The molecule has 5 heteroatoms. The second-order valence-electron chi connectivity index (χ2n) is 3.42. The molecule has 0 aromatic carbocycles. The number of hydrogen-bond acceptors (Lipinski definition) is 5. The Labute approximate surface area is 95.1 Å². The summed E-state index contributed by atoms with van der Waals surface area (Å²) in [5, 5.41) is 3.04. The zero-order chi connectivity index (χ0) is 11.3. The van der Waals surface area contributed by atoms with Crippen molar-refractivity contribution >= 4 is 16.5 Å². The van der Waals surface area contributed by atoms with E-state index in [0.29, 0.717) is 19.2 Å². The van der Waals surface area contributed by atoms with Gasteiger partial charge in [-0.05, 0) is 13.8 Å². The molecule has 0 fully saturated rings. The van der Waals surface area contributed by atoms with Crippen LogP contribution in [0.15, 0.2) is 5.38 Å². The van der Waals surface area contributed by atoms with Crippen LogP contribution in [0.25, 0.3) is 0 Å². The summed E-state index contributed by atoms with van der Waals surface area (Å²) in [7, 11) is 1.72. The van der Waals surface area contributed by atoms with E-state index in [2.05, 4.69) is 23.7 Å². The second kappa shape index (κ2) is 6.05. The molecule has 0 spiro atoms. The van der Waals surface area contributed by atoms with E-state index in [1.54, 1.807) is 18.4 Å². The maximum Gasteiger partial charge on any atom is 0.185 e. The minimum atomic E-state index is 0.344. The minimum absolute atomic E-state index is 0.344. The number of hydrogen-bond donors (Lipinski definition) is 1. The summed E-state index contributed by atoms with van der Waals surface area (Å²) in [4.78, 5) is 6.70. The van der Waals surface area contributed by atoms with Gasteiger partial charge in [0, 0.05) is 25.6 Å². The Balaban J connectivity index is 2.72. The quantitative estimate of drug-likeness (QED) is 0.802. The minimum Gasteiger partial charge on any atom is -0.383 e. The summed E-state index contributed by atoms with van der Waals surface area (Å²) in [5.41, 5.74) is 6.50. The molecule has 1 atom stereocenters. The number of aromatic nitrogens is 1. The third-order valence-electron chi connectivity index (χ3n) is 2.28. The molecule has 1 unspecified atom stereocenters. The molecule has 15 heavy (non-hydrogen) atoms. The molecule has 0 saturated heterocycles. The number of ether oxygens (including phenoxy) is 1. The normalized spacial score (nSPS) is 12.8. The molecule has 4 nitrogen and oxygen atoms in total. The molecule has 86 valence electrons. The molecule has 0 aliphatic carbocycles. The first-order valence-electron chi connectivity index (χ1n) is 5.13. The molecular formula is C10H19N3OS. The van der Waals surface area contributed by atoms with Crippen molar-refractivity contribution in [3.8, 4) is 0 Å². The Hall–Kier alpha value is -0.650. The van der Waals surface area contributed by atoms with Crippen molar-refractivity contribution in [1.29, 1.82) is 0 Å². The standard InChI is InChI=1S/C10H19N3OS/c1-4-13(8(2)6-14-3)10-12-9(5-11)7-15-10/h7-8H,4-6,11H2,1-3H3. The Bertz CT molecular complexity index is 290. The van der Waals surface area contributed by atoms with Gasteiger partial charge in [0.05, 0.1) is 18.3 Å². The van der Waals surface area contributed by atoms with Gasteiger partial charge >= 0.3 is 0 Å². The molecule has 0 aliphatic rings. The Morgan fingerprint density at radius 3 is 2.87 bits per heavy atom. The summed E-state index contributed by atoms with van der Waals surface area (Å²) < 4.78 is 5.15. The summed E-state index contributed by atoms with van der Waals surface area (Å²) in [5.74, 6) is 0. The number of anilines is 1. The molecular weight excluding hydrogens is 210 g/mol.